The SMILES string of the molecule is COCCN(CC(=O)N(Cc1ccccc1)Cc1cccs1)C(=O)c1ccccc1F. The molecule has 0 bridgehead atoms. The number of hydrogen-bond donors (Lipinski definition) is 0. The fraction of sp³-hybridized carbons (Fsp3) is 0.250. The Bertz CT molecular complexity index is 980. The average Bonchev–Trinajstić information content (AvgIpc) is 3.30. The van der Waals surface area contributed by atoms with Crippen molar-refractivity contribution < 1.29 is 18.7 Å². The van der Waals surface area contributed by atoms with Crippen LogP contribution in [-0.2, 0) is 22.6 Å². The lowest BCUT2D eigenvalue weighted by atomic mass is 10.1. The number of hydrogen-bond acceptors (Lipinski definition) is 4. The van der Waals surface area contributed by atoms with Gasteiger partial charge in [-0.05, 0) is 29.1 Å². The molecule has 0 atom stereocenters. The highest BCUT2D eigenvalue weighted by Gasteiger charge is 2.24. The molecule has 1 heterocycles. The van der Waals surface area contributed by atoms with E-state index in [0.717, 1.165) is 10.4 Å². The third kappa shape index (κ3) is 6.47. The second-order valence-corrected chi connectivity index (χ2v) is 8.05. The van der Waals surface area contributed by atoms with Gasteiger partial charge in [0.25, 0.3) is 5.91 Å². The van der Waals surface area contributed by atoms with Crippen molar-refractivity contribution in [3.8, 4) is 0 Å². The first kappa shape index (κ1) is 22.7. The summed E-state index contributed by atoms with van der Waals surface area (Å²) in [6.45, 7) is 1.14. The van der Waals surface area contributed by atoms with Crippen LogP contribution >= 0.6 is 11.3 Å². The first-order chi connectivity index (χ1) is 15.1. The van der Waals surface area contributed by atoms with Crippen LogP contribution < -0.4 is 0 Å². The molecule has 0 spiro atoms. The third-order valence-electron chi connectivity index (χ3n) is 4.78. The number of nitrogens with zero attached hydrogens (tertiary/aromatic N) is 2. The molecule has 162 valence electrons. The number of halogens is 1. The first-order valence-electron chi connectivity index (χ1n) is 9.95. The van der Waals surface area contributed by atoms with E-state index in [1.807, 2.05) is 47.8 Å². The number of ether oxygens (including phenoxy) is 1. The molecule has 3 rings (SSSR count). The topological polar surface area (TPSA) is 49.9 Å². The molecular formula is C24H25FN2O3S. The van der Waals surface area contributed by atoms with E-state index < -0.39 is 11.7 Å². The van der Waals surface area contributed by atoms with Gasteiger partial charge in [-0.25, -0.2) is 4.39 Å². The first-order valence-corrected chi connectivity index (χ1v) is 10.8. The van der Waals surface area contributed by atoms with Crippen LogP contribution in [0.2, 0.25) is 0 Å². The lowest BCUT2D eigenvalue weighted by molar-refractivity contribution is -0.133. The Labute approximate surface area is 185 Å². The maximum absolute atomic E-state index is 14.2. The van der Waals surface area contributed by atoms with Crippen LogP contribution in [0.15, 0.2) is 72.1 Å². The minimum Gasteiger partial charge on any atom is -0.383 e. The van der Waals surface area contributed by atoms with E-state index in [0.29, 0.717) is 13.1 Å². The smallest absolute Gasteiger partial charge is 0.257 e. The van der Waals surface area contributed by atoms with E-state index in [1.54, 1.807) is 22.3 Å². The fourth-order valence-electron chi connectivity index (χ4n) is 3.15. The lowest BCUT2D eigenvalue weighted by Crippen LogP contribution is -2.43. The minimum absolute atomic E-state index is 0.0562. The molecule has 0 unspecified atom stereocenters. The van der Waals surface area contributed by atoms with Crippen molar-refractivity contribution in [2.45, 2.75) is 13.1 Å². The number of carbonyl (C=O) groups is 2. The molecule has 0 aliphatic carbocycles. The van der Waals surface area contributed by atoms with Gasteiger partial charge >= 0.3 is 0 Å². The van der Waals surface area contributed by atoms with Crippen LogP contribution in [-0.4, -0.2) is 48.4 Å². The lowest BCUT2D eigenvalue weighted by Gasteiger charge is -2.27. The van der Waals surface area contributed by atoms with Crippen LogP contribution in [0.1, 0.15) is 20.8 Å². The highest BCUT2D eigenvalue weighted by molar-refractivity contribution is 7.09. The number of methoxy groups -OCH3 is 1. The molecule has 2 amide bonds. The van der Waals surface area contributed by atoms with E-state index in [1.165, 1.54) is 30.2 Å². The minimum atomic E-state index is -0.609. The third-order valence-corrected chi connectivity index (χ3v) is 5.64. The molecule has 3 aromatic rings. The molecule has 0 saturated carbocycles. The maximum Gasteiger partial charge on any atom is 0.257 e. The summed E-state index contributed by atoms with van der Waals surface area (Å²) >= 11 is 1.57. The zero-order valence-electron chi connectivity index (χ0n) is 17.4. The summed E-state index contributed by atoms with van der Waals surface area (Å²) in [5.74, 6) is -1.35. The molecule has 0 radical (unpaired) electrons. The Morgan fingerprint density at radius 3 is 2.35 bits per heavy atom. The zero-order chi connectivity index (χ0) is 22.1. The largest absolute Gasteiger partial charge is 0.383 e. The highest BCUT2D eigenvalue weighted by atomic mass is 32.1. The van der Waals surface area contributed by atoms with Crippen molar-refractivity contribution in [1.29, 1.82) is 0 Å². The predicted octanol–water partition coefficient (Wildman–Crippen LogP) is 4.20. The zero-order valence-corrected chi connectivity index (χ0v) is 18.2. The Hall–Kier alpha value is -3.03. The van der Waals surface area contributed by atoms with Crippen molar-refractivity contribution in [3.05, 3.63) is 93.9 Å². The van der Waals surface area contributed by atoms with E-state index >= 15 is 0 Å². The van der Waals surface area contributed by atoms with Gasteiger partial charge < -0.3 is 14.5 Å². The van der Waals surface area contributed by atoms with Crippen LogP contribution in [0.3, 0.4) is 0 Å². The summed E-state index contributed by atoms with van der Waals surface area (Å²) in [5, 5.41) is 1.97. The van der Waals surface area contributed by atoms with Gasteiger partial charge in [-0.1, -0.05) is 48.5 Å². The molecule has 0 saturated heterocycles. The molecule has 2 aromatic carbocycles. The van der Waals surface area contributed by atoms with Crippen LogP contribution in [0.25, 0.3) is 0 Å². The summed E-state index contributed by atoms with van der Waals surface area (Å²) in [5.41, 5.74) is 0.940. The predicted molar refractivity (Wildman–Crippen MR) is 119 cm³/mol. The fourth-order valence-corrected chi connectivity index (χ4v) is 3.87. The summed E-state index contributed by atoms with van der Waals surface area (Å²) in [4.78, 5) is 30.3. The monoisotopic (exact) mass is 440 g/mol. The van der Waals surface area contributed by atoms with Gasteiger partial charge in [0.1, 0.15) is 12.4 Å². The van der Waals surface area contributed by atoms with E-state index in [-0.39, 0.29) is 31.2 Å². The van der Waals surface area contributed by atoms with E-state index in [2.05, 4.69) is 0 Å². The van der Waals surface area contributed by atoms with Gasteiger partial charge in [0, 0.05) is 25.1 Å². The molecule has 0 aliphatic heterocycles. The number of benzene rings is 2. The Kier molecular flexibility index (Phi) is 8.32. The van der Waals surface area contributed by atoms with Crippen LogP contribution in [0.4, 0.5) is 4.39 Å². The second-order valence-electron chi connectivity index (χ2n) is 7.01. The number of carbonyl (C=O) groups excluding carboxylic acids is 2. The summed E-state index contributed by atoms with van der Waals surface area (Å²) in [6, 6.07) is 19.4. The summed E-state index contributed by atoms with van der Waals surface area (Å²) < 4.78 is 19.3. The van der Waals surface area contributed by atoms with Crippen molar-refractivity contribution in [1.82, 2.24) is 9.80 Å². The van der Waals surface area contributed by atoms with Crippen molar-refractivity contribution in [2.75, 3.05) is 26.8 Å². The molecule has 0 aliphatic rings. The number of amides is 2. The molecule has 5 nitrogen and oxygen atoms in total. The standard InChI is InChI=1S/C24H25FN2O3S/c1-30-14-13-26(24(29)21-11-5-6-12-22(21)25)18-23(28)27(17-20-10-7-15-31-20)16-19-8-3-2-4-9-19/h2-12,15H,13-14,16-18H2,1H3. The molecule has 7 heteroatoms. The number of thiophene rings is 1. The Morgan fingerprint density at radius 1 is 0.935 bits per heavy atom. The van der Waals surface area contributed by atoms with Crippen molar-refractivity contribution in [2.24, 2.45) is 0 Å². The van der Waals surface area contributed by atoms with E-state index in [9.17, 15) is 14.0 Å². The normalized spacial score (nSPS) is 10.6. The van der Waals surface area contributed by atoms with Gasteiger partial charge in [-0.3, -0.25) is 9.59 Å². The molecule has 0 N–H and O–H groups in total. The maximum atomic E-state index is 14.2. The molecular weight excluding hydrogens is 415 g/mol. The molecule has 31 heavy (non-hydrogen) atoms. The van der Waals surface area contributed by atoms with Gasteiger partial charge in [-0.15, -0.1) is 11.3 Å². The Morgan fingerprint density at radius 2 is 1.68 bits per heavy atom. The quantitative estimate of drug-likeness (QED) is 0.475. The van der Waals surface area contributed by atoms with E-state index in [4.69, 9.17) is 4.74 Å². The van der Waals surface area contributed by atoms with Gasteiger partial charge in [0.05, 0.1) is 18.7 Å². The Balaban J connectivity index is 1.79. The molecule has 0 fully saturated rings. The average molecular weight is 441 g/mol. The number of rotatable bonds is 10. The summed E-state index contributed by atoms with van der Waals surface area (Å²) in [6.07, 6.45) is 0. The van der Waals surface area contributed by atoms with Crippen LogP contribution in [0.5, 0.6) is 0 Å². The molecule has 1 aromatic heterocycles. The summed E-state index contributed by atoms with van der Waals surface area (Å²) in [7, 11) is 1.52. The highest BCUT2D eigenvalue weighted by Crippen LogP contribution is 2.16. The van der Waals surface area contributed by atoms with Gasteiger partial charge in [-0.2, -0.15) is 0 Å². The van der Waals surface area contributed by atoms with Gasteiger partial charge in [0.15, 0.2) is 0 Å². The van der Waals surface area contributed by atoms with Crippen molar-refractivity contribution in [3.63, 3.8) is 0 Å². The van der Waals surface area contributed by atoms with Crippen LogP contribution in [0, 0.1) is 5.82 Å². The van der Waals surface area contributed by atoms with Gasteiger partial charge in [0.2, 0.25) is 5.91 Å². The van der Waals surface area contributed by atoms with Crippen molar-refractivity contribution >= 4 is 23.2 Å². The second kappa shape index (κ2) is 11.4.